The lowest BCUT2D eigenvalue weighted by molar-refractivity contribution is -0.135. The van der Waals surface area contributed by atoms with Crippen LogP contribution >= 0.6 is 11.3 Å². The van der Waals surface area contributed by atoms with Crippen LogP contribution in [0.5, 0.6) is 0 Å². The highest BCUT2D eigenvalue weighted by Gasteiger charge is 1.85. The van der Waals surface area contributed by atoms with Gasteiger partial charge in [0.1, 0.15) is 0 Å². The number of hydrogen-bond donors (Lipinski definition) is 0. The van der Waals surface area contributed by atoms with Gasteiger partial charge in [0.05, 0.1) is 6.26 Å². The Kier molecular flexibility index (Phi) is 6.44. The van der Waals surface area contributed by atoms with Crippen LogP contribution in [0.15, 0.2) is 59.5 Å². The van der Waals surface area contributed by atoms with Crippen LogP contribution in [0.2, 0.25) is 0 Å². The molecule has 1 heterocycles. The second kappa shape index (κ2) is 8.30. The smallest absolute Gasteiger partial charge is 0.307 e. The van der Waals surface area contributed by atoms with Crippen LogP contribution in [0.3, 0.4) is 0 Å². The molecule has 0 aliphatic rings. The van der Waals surface area contributed by atoms with Crippen molar-refractivity contribution >= 4 is 23.4 Å². The van der Waals surface area contributed by atoms with Gasteiger partial charge in [-0.1, -0.05) is 42.5 Å². The summed E-state index contributed by atoms with van der Waals surface area (Å²) < 4.78 is 4.63. The maximum atomic E-state index is 10.4. The van der Waals surface area contributed by atoms with Crippen molar-refractivity contribution in [2.45, 2.75) is 6.92 Å². The van der Waals surface area contributed by atoms with Crippen molar-refractivity contribution in [3.8, 4) is 0 Å². The molecule has 0 fully saturated rings. The molecule has 2 aromatic rings. The number of carbonyl (C=O) groups excluding carboxylic acids is 1. The average molecular weight is 246 g/mol. The lowest BCUT2D eigenvalue weighted by Crippen LogP contribution is -1.88. The quantitative estimate of drug-likeness (QED) is 0.592. The van der Waals surface area contributed by atoms with Gasteiger partial charge in [0.25, 0.3) is 0 Å². The van der Waals surface area contributed by atoms with Crippen LogP contribution in [0, 0.1) is 0 Å². The Morgan fingerprint density at radius 1 is 1.12 bits per heavy atom. The number of carbonyl (C=O) groups is 1. The zero-order valence-corrected chi connectivity index (χ0v) is 10.4. The first-order valence-electron chi connectivity index (χ1n) is 5.15. The largest absolute Gasteiger partial charge is 0.435 e. The fourth-order valence-corrected chi connectivity index (χ4v) is 1.45. The minimum atomic E-state index is -0.304. The van der Waals surface area contributed by atoms with Gasteiger partial charge in [-0.3, -0.25) is 4.79 Å². The number of esters is 1. The van der Waals surface area contributed by atoms with Gasteiger partial charge < -0.3 is 4.74 Å². The predicted molar refractivity (Wildman–Crippen MR) is 71.6 cm³/mol. The van der Waals surface area contributed by atoms with Crippen LogP contribution < -0.4 is 0 Å². The minimum Gasteiger partial charge on any atom is -0.435 e. The SMILES string of the molecule is CC(=O)OC=Cc1ccccc1.c1ccsc1. The molecule has 2 nitrogen and oxygen atoms in total. The lowest BCUT2D eigenvalue weighted by Gasteiger charge is -1.91. The summed E-state index contributed by atoms with van der Waals surface area (Å²) in [4.78, 5) is 10.4. The van der Waals surface area contributed by atoms with E-state index in [4.69, 9.17) is 0 Å². The molecule has 0 spiro atoms. The van der Waals surface area contributed by atoms with E-state index >= 15 is 0 Å². The van der Waals surface area contributed by atoms with Gasteiger partial charge in [0.15, 0.2) is 0 Å². The molecule has 0 saturated carbocycles. The summed E-state index contributed by atoms with van der Waals surface area (Å²) in [6.07, 6.45) is 3.12. The molecule has 2 rings (SSSR count). The molecule has 0 radical (unpaired) electrons. The standard InChI is InChI=1S/C10H10O2.C4H4S/c1-9(11)12-8-7-10-5-3-2-4-6-10;1-2-4-5-3-1/h2-8H,1H3;1-4H. The van der Waals surface area contributed by atoms with Crippen LogP contribution in [0.1, 0.15) is 12.5 Å². The fourth-order valence-electron chi connectivity index (χ4n) is 0.999. The van der Waals surface area contributed by atoms with Crippen LogP contribution in [0.25, 0.3) is 6.08 Å². The van der Waals surface area contributed by atoms with Gasteiger partial charge in [-0.2, -0.15) is 11.3 Å². The Hall–Kier alpha value is -1.87. The summed E-state index contributed by atoms with van der Waals surface area (Å²) in [6.45, 7) is 1.37. The molecule has 17 heavy (non-hydrogen) atoms. The van der Waals surface area contributed by atoms with Crippen molar-refractivity contribution in [1.29, 1.82) is 0 Å². The second-order valence-electron chi connectivity index (χ2n) is 3.12. The van der Waals surface area contributed by atoms with Crippen molar-refractivity contribution in [2.24, 2.45) is 0 Å². The third-order valence-electron chi connectivity index (χ3n) is 1.72. The van der Waals surface area contributed by atoms with E-state index in [1.165, 1.54) is 13.2 Å². The number of ether oxygens (including phenoxy) is 1. The molecule has 0 atom stereocenters. The first kappa shape index (κ1) is 13.2. The second-order valence-corrected chi connectivity index (χ2v) is 3.93. The average Bonchev–Trinajstić information content (AvgIpc) is 2.88. The van der Waals surface area contributed by atoms with Gasteiger partial charge >= 0.3 is 5.97 Å². The monoisotopic (exact) mass is 246 g/mol. The maximum absolute atomic E-state index is 10.4. The van der Waals surface area contributed by atoms with Crippen molar-refractivity contribution in [2.75, 3.05) is 0 Å². The van der Waals surface area contributed by atoms with E-state index in [0.717, 1.165) is 5.56 Å². The molecule has 88 valence electrons. The van der Waals surface area contributed by atoms with E-state index in [2.05, 4.69) is 4.74 Å². The van der Waals surface area contributed by atoms with Gasteiger partial charge in [-0.15, -0.1) is 0 Å². The molecule has 0 aliphatic carbocycles. The molecule has 1 aromatic heterocycles. The molecule has 1 aromatic carbocycles. The Balaban J connectivity index is 0.000000239. The van der Waals surface area contributed by atoms with Gasteiger partial charge in [-0.05, 0) is 22.4 Å². The van der Waals surface area contributed by atoms with E-state index in [0.29, 0.717) is 0 Å². The molecule has 0 amide bonds. The zero-order valence-electron chi connectivity index (χ0n) is 9.58. The Labute approximate surface area is 105 Å². The number of benzene rings is 1. The topological polar surface area (TPSA) is 26.3 Å². The van der Waals surface area contributed by atoms with Crippen molar-refractivity contribution in [3.05, 3.63) is 65.1 Å². The van der Waals surface area contributed by atoms with E-state index in [1.807, 2.05) is 53.2 Å². The number of thiophene rings is 1. The Bertz CT molecular complexity index is 415. The summed E-state index contributed by atoms with van der Waals surface area (Å²) in [5, 5.41) is 4.08. The van der Waals surface area contributed by atoms with E-state index in [1.54, 1.807) is 17.4 Å². The maximum Gasteiger partial charge on any atom is 0.307 e. The van der Waals surface area contributed by atoms with E-state index < -0.39 is 0 Å². The van der Waals surface area contributed by atoms with Crippen molar-refractivity contribution < 1.29 is 9.53 Å². The fraction of sp³-hybridized carbons (Fsp3) is 0.0714. The normalized spacial score (nSPS) is 9.47. The van der Waals surface area contributed by atoms with Crippen molar-refractivity contribution in [1.82, 2.24) is 0 Å². The molecule has 0 bridgehead atoms. The number of hydrogen-bond acceptors (Lipinski definition) is 3. The summed E-state index contributed by atoms with van der Waals surface area (Å²) >= 11 is 1.71. The molecular formula is C14H14O2S. The third kappa shape index (κ3) is 7.09. The highest BCUT2D eigenvalue weighted by molar-refractivity contribution is 7.07. The molecule has 0 saturated heterocycles. The lowest BCUT2D eigenvalue weighted by atomic mass is 10.2. The molecule has 0 unspecified atom stereocenters. The number of rotatable bonds is 2. The molecule has 0 N–H and O–H groups in total. The van der Waals surface area contributed by atoms with Gasteiger partial charge in [0, 0.05) is 6.92 Å². The van der Waals surface area contributed by atoms with Crippen LogP contribution in [-0.2, 0) is 9.53 Å². The van der Waals surface area contributed by atoms with Gasteiger partial charge in [0.2, 0.25) is 0 Å². The first-order valence-corrected chi connectivity index (χ1v) is 6.09. The molecule has 0 aliphatic heterocycles. The summed E-state index contributed by atoms with van der Waals surface area (Å²) in [5.74, 6) is -0.304. The van der Waals surface area contributed by atoms with Crippen molar-refractivity contribution in [3.63, 3.8) is 0 Å². The molecular weight excluding hydrogens is 232 g/mol. The van der Waals surface area contributed by atoms with E-state index in [-0.39, 0.29) is 5.97 Å². The first-order chi connectivity index (χ1) is 8.29. The minimum absolute atomic E-state index is 0.304. The highest BCUT2D eigenvalue weighted by Crippen LogP contribution is 2.00. The van der Waals surface area contributed by atoms with Crippen LogP contribution in [-0.4, -0.2) is 5.97 Å². The highest BCUT2D eigenvalue weighted by atomic mass is 32.1. The Morgan fingerprint density at radius 3 is 2.24 bits per heavy atom. The third-order valence-corrected chi connectivity index (χ3v) is 2.35. The summed E-state index contributed by atoms with van der Waals surface area (Å²) in [5.41, 5.74) is 1.01. The van der Waals surface area contributed by atoms with Gasteiger partial charge in [-0.25, -0.2) is 0 Å². The Morgan fingerprint density at radius 2 is 1.76 bits per heavy atom. The zero-order chi connectivity index (χ0) is 12.3. The van der Waals surface area contributed by atoms with Crippen LogP contribution in [0.4, 0.5) is 0 Å². The summed E-state index contributed by atoms with van der Waals surface area (Å²) in [7, 11) is 0. The molecule has 3 heteroatoms. The summed E-state index contributed by atoms with van der Waals surface area (Å²) in [6, 6.07) is 13.7. The predicted octanol–water partition coefficient (Wildman–Crippen LogP) is 3.97. The van der Waals surface area contributed by atoms with E-state index in [9.17, 15) is 4.79 Å².